The van der Waals surface area contributed by atoms with Crippen LogP contribution in [0.5, 0.6) is 0 Å². The number of aryl methyl sites for hydroxylation is 2. The Morgan fingerprint density at radius 2 is 1.68 bits per heavy atom. The van der Waals surface area contributed by atoms with E-state index in [9.17, 15) is 5.11 Å². The van der Waals surface area contributed by atoms with E-state index in [-0.39, 0.29) is 6.10 Å². The number of aromatic nitrogens is 3. The molecule has 3 heterocycles. The summed E-state index contributed by atoms with van der Waals surface area (Å²) in [7, 11) is 0. The van der Waals surface area contributed by atoms with E-state index in [0.717, 1.165) is 55.9 Å². The lowest BCUT2D eigenvalue weighted by atomic mass is 10.0. The van der Waals surface area contributed by atoms with Crippen molar-refractivity contribution in [1.29, 1.82) is 0 Å². The van der Waals surface area contributed by atoms with Crippen molar-refractivity contribution >= 4 is 5.95 Å². The lowest BCUT2D eigenvalue weighted by Crippen LogP contribution is -2.45. The molecule has 1 aromatic heterocycles. The molecule has 1 aromatic rings. The minimum Gasteiger partial charge on any atom is -0.393 e. The molecule has 0 spiro atoms. The SMILES string of the molecule is CCc1nnc(N2C3CCC2CC(O)C3)nc1CC. The summed E-state index contributed by atoms with van der Waals surface area (Å²) in [6, 6.07) is 0.792. The molecule has 0 aromatic carbocycles. The average molecular weight is 262 g/mol. The predicted octanol–water partition coefficient (Wildman–Crippen LogP) is 1.49. The highest BCUT2D eigenvalue weighted by molar-refractivity contribution is 5.37. The number of hydrogen-bond donors (Lipinski definition) is 1. The van der Waals surface area contributed by atoms with Crippen LogP contribution in [0.2, 0.25) is 0 Å². The van der Waals surface area contributed by atoms with Crippen LogP contribution < -0.4 is 4.90 Å². The van der Waals surface area contributed by atoms with Gasteiger partial charge in [0.2, 0.25) is 5.95 Å². The van der Waals surface area contributed by atoms with Crippen LogP contribution >= 0.6 is 0 Å². The van der Waals surface area contributed by atoms with Crippen molar-refractivity contribution in [3.8, 4) is 0 Å². The molecule has 0 amide bonds. The molecule has 5 nitrogen and oxygen atoms in total. The third-order valence-corrected chi connectivity index (χ3v) is 4.44. The number of rotatable bonds is 3. The van der Waals surface area contributed by atoms with Gasteiger partial charge in [0.25, 0.3) is 0 Å². The molecule has 2 bridgehead atoms. The second-order valence-electron chi connectivity index (χ2n) is 5.63. The van der Waals surface area contributed by atoms with Gasteiger partial charge in [0.15, 0.2) is 0 Å². The van der Waals surface area contributed by atoms with Gasteiger partial charge in [-0.15, -0.1) is 5.10 Å². The third kappa shape index (κ3) is 2.20. The van der Waals surface area contributed by atoms with Gasteiger partial charge >= 0.3 is 0 Å². The second kappa shape index (κ2) is 5.04. The minimum absolute atomic E-state index is 0.151. The van der Waals surface area contributed by atoms with Crippen molar-refractivity contribution in [3.63, 3.8) is 0 Å². The topological polar surface area (TPSA) is 62.1 Å². The number of anilines is 1. The summed E-state index contributed by atoms with van der Waals surface area (Å²) in [6.45, 7) is 4.20. The van der Waals surface area contributed by atoms with E-state index in [0.29, 0.717) is 12.1 Å². The minimum atomic E-state index is -0.151. The third-order valence-electron chi connectivity index (χ3n) is 4.44. The molecule has 2 fully saturated rings. The molecule has 2 saturated heterocycles. The van der Waals surface area contributed by atoms with E-state index in [1.165, 1.54) is 0 Å². The summed E-state index contributed by atoms with van der Waals surface area (Å²) < 4.78 is 0. The normalized spacial score (nSPS) is 29.8. The van der Waals surface area contributed by atoms with Gasteiger partial charge in [-0.3, -0.25) is 0 Å². The summed E-state index contributed by atoms with van der Waals surface area (Å²) in [5, 5.41) is 18.5. The van der Waals surface area contributed by atoms with Gasteiger partial charge in [-0.2, -0.15) is 5.10 Å². The highest BCUT2D eigenvalue weighted by atomic mass is 16.3. The zero-order valence-electron chi connectivity index (χ0n) is 11.7. The molecule has 0 saturated carbocycles. The number of hydrogen-bond acceptors (Lipinski definition) is 5. The molecule has 3 rings (SSSR count). The Bertz CT molecular complexity index is 451. The lowest BCUT2D eigenvalue weighted by molar-refractivity contribution is 0.125. The highest BCUT2D eigenvalue weighted by Gasteiger charge is 2.41. The quantitative estimate of drug-likeness (QED) is 0.894. The first-order valence-electron chi connectivity index (χ1n) is 7.41. The van der Waals surface area contributed by atoms with Crippen molar-refractivity contribution in [2.75, 3.05) is 4.90 Å². The molecular weight excluding hydrogens is 240 g/mol. The molecular formula is C14H22N4O. The number of aliphatic hydroxyl groups excluding tert-OH is 1. The molecule has 0 radical (unpaired) electrons. The Balaban J connectivity index is 1.90. The van der Waals surface area contributed by atoms with Crippen molar-refractivity contribution in [2.45, 2.75) is 70.6 Å². The Hall–Kier alpha value is -1.23. The van der Waals surface area contributed by atoms with Gasteiger partial charge in [-0.25, -0.2) is 4.98 Å². The first-order valence-corrected chi connectivity index (χ1v) is 7.41. The number of fused-ring (bicyclic) bond motifs is 2. The molecule has 2 atom stereocenters. The highest BCUT2D eigenvalue weighted by Crippen LogP contribution is 2.37. The van der Waals surface area contributed by atoms with E-state index in [2.05, 4.69) is 28.9 Å². The Morgan fingerprint density at radius 1 is 1.05 bits per heavy atom. The maximum absolute atomic E-state index is 9.85. The molecule has 2 aliphatic rings. The summed E-state index contributed by atoms with van der Waals surface area (Å²) in [4.78, 5) is 7.03. The van der Waals surface area contributed by atoms with E-state index in [4.69, 9.17) is 4.98 Å². The van der Waals surface area contributed by atoms with Crippen molar-refractivity contribution in [1.82, 2.24) is 15.2 Å². The predicted molar refractivity (Wildman–Crippen MR) is 73.1 cm³/mol. The Morgan fingerprint density at radius 3 is 2.26 bits per heavy atom. The molecule has 104 valence electrons. The molecule has 1 N–H and O–H groups in total. The van der Waals surface area contributed by atoms with Gasteiger partial charge in [0, 0.05) is 12.1 Å². The van der Waals surface area contributed by atoms with Crippen molar-refractivity contribution in [2.24, 2.45) is 0 Å². The smallest absolute Gasteiger partial charge is 0.246 e. The van der Waals surface area contributed by atoms with Crippen LogP contribution in [0.15, 0.2) is 0 Å². The van der Waals surface area contributed by atoms with E-state index in [1.54, 1.807) is 0 Å². The van der Waals surface area contributed by atoms with E-state index >= 15 is 0 Å². The van der Waals surface area contributed by atoms with Crippen LogP contribution in [-0.2, 0) is 12.8 Å². The fourth-order valence-electron chi connectivity index (χ4n) is 3.51. The van der Waals surface area contributed by atoms with Crippen LogP contribution in [-0.4, -0.2) is 38.5 Å². The Kier molecular flexibility index (Phi) is 3.39. The summed E-state index contributed by atoms with van der Waals surface area (Å²) in [5.41, 5.74) is 2.08. The standard InChI is InChI=1S/C14H22N4O/c1-3-12-13(4-2)16-17-14(15-12)18-9-5-6-10(18)8-11(19)7-9/h9-11,19H,3-8H2,1-2H3. The average Bonchev–Trinajstić information content (AvgIpc) is 2.70. The second-order valence-corrected chi connectivity index (χ2v) is 5.63. The summed E-state index contributed by atoms with van der Waals surface area (Å²) in [5.74, 6) is 0.772. The van der Waals surface area contributed by atoms with Gasteiger partial charge in [-0.05, 0) is 38.5 Å². The first kappa shape index (κ1) is 12.8. The van der Waals surface area contributed by atoms with Crippen LogP contribution in [0.1, 0.15) is 50.9 Å². The van der Waals surface area contributed by atoms with Crippen molar-refractivity contribution < 1.29 is 5.11 Å². The largest absolute Gasteiger partial charge is 0.393 e. The zero-order valence-corrected chi connectivity index (χ0v) is 11.7. The van der Waals surface area contributed by atoms with Crippen LogP contribution in [0.3, 0.4) is 0 Å². The monoisotopic (exact) mass is 262 g/mol. The molecule has 19 heavy (non-hydrogen) atoms. The first-order chi connectivity index (χ1) is 9.22. The Labute approximate surface area is 114 Å². The number of aliphatic hydroxyl groups is 1. The number of nitrogens with zero attached hydrogens (tertiary/aromatic N) is 4. The fraction of sp³-hybridized carbons (Fsp3) is 0.786. The molecule has 5 heteroatoms. The van der Waals surface area contributed by atoms with Crippen LogP contribution in [0.4, 0.5) is 5.95 Å². The van der Waals surface area contributed by atoms with Gasteiger partial charge in [0.1, 0.15) is 0 Å². The van der Waals surface area contributed by atoms with Gasteiger partial charge in [-0.1, -0.05) is 13.8 Å². The van der Waals surface area contributed by atoms with Gasteiger partial charge in [0.05, 0.1) is 17.5 Å². The van der Waals surface area contributed by atoms with Gasteiger partial charge < -0.3 is 10.0 Å². The molecule has 2 aliphatic heterocycles. The van der Waals surface area contributed by atoms with E-state index in [1.807, 2.05) is 0 Å². The lowest BCUT2D eigenvalue weighted by Gasteiger charge is -2.37. The summed E-state index contributed by atoms with van der Waals surface area (Å²) >= 11 is 0. The molecule has 2 unspecified atom stereocenters. The fourth-order valence-corrected chi connectivity index (χ4v) is 3.51. The van der Waals surface area contributed by atoms with E-state index < -0.39 is 0 Å². The molecule has 0 aliphatic carbocycles. The van der Waals surface area contributed by atoms with Crippen LogP contribution in [0.25, 0.3) is 0 Å². The summed E-state index contributed by atoms with van der Waals surface area (Å²) in [6.07, 6.45) is 5.60. The number of piperidine rings is 1. The zero-order chi connectivity index (χ0) is 13.4. The maximum atomic E-state index is 9.85. The maximum Gasteiger partial charge on any atom is 0.246 e. The van der Waals surface area contributed by atoms with Crippen molar-refractivity contribution in [3.05, 3.63) is 11.4 Å². The van der Waals surface area contributed by atoms with Crippen LogP contribution in [0, 0.1) is 0 Å².